The lowest BCUT2D eigenvalue weighted by Crippen LogP contribution is -2.46. The zero-order chi connectivity index (χ0) is 21.4. The van der Waals surface area contributed by atoms with E-state index in [1.807, 2.05) is 26.0 Å². The van der Waals surface area contributed by atoms with Gasteiger partial charge in [-0.05, 0) is 38.5 Å². The summed E-state index contributed by atoms with van der Waals surface area (Å²) < 4.78 is 11.1. The minimum absolute atomic E-state index is 0. The Morgan fingerprint density at radius 3 is 2.48 bits per heavy atom. The Hall–Kier alpha value is -1.62. The van der Waals surface area contributed by atoms with Crippen LogP contribution in [0.25, 0.3) is 0 Å². The quantitative estimate of drug-likeness (QED) is 0.271. The Morgan fingerprint density at radius 2 is 1.87 bits per heavy atom. The molecule has 7 nitrogen and oxygen atoms in total. The van der Waals surface area contributed by atoms with Crippen molar-refractivity contribution in [2.45, 2.75) is 32.4 Å². The minimum Gasteiger partial charge on any atom is -0.463 e. The topological polar surface area (TPSA) is 82.3 Å². The summed E-state index contributed by atoms with van der Waals surface area (Å²) in [4.78, 5) is 7.06. The maximum atomic E-state index is 10.8. The number of guanidine groups is 1. The SMILES string of the molecule is CCNC(=NCC(C)(O)c1ccc(C)o1)NCC(c1ccccc1)N1CCOCC1.I. The second-order valence-electron chi connectivity index (χ2n) is 7.84. The van der Waals surface area contributed by atoms with Crippen molar-refractivity contribution in [1.82, 2.24) is 15.5 Å². The van der Waals surface area contributed by atoms with E-state index in [1.54, 1.807) is 13.0 Å². The third-order valence-electron chi connectivity index (χ3n) is 5.29. The summed E-state index contributed by atoms with van der Waals surface area (Å²) in [6.07, 6.45) is 0. The first-order valence-corrected chi connectivity index (χ1v) is 10.7. The van der Waals surface area contributed by atoms with Crippen LogP contribution in [0.15, 0.2) is 51.9 Å². The first kappa shape index (κ1) is 25.6. The van der Waals surface area contributed by atoms with Gasteiger partial charge in [-0.15, -0.1) is 24.0 Å². The molecule has 3 N–H and O–H groups in total. The fourth-order valence-corrected chi connectivity index (χ4v) is 3.59. The van der Waals surface area contributed by atoms with E-state index >= 15 is 0 Å². The highest BCUT2D eigenvalue weighted by Crippen LogP contribution is 2.23. The van der Waals surface area contributed by atoms with Crippen molar-refractivity contribution < 1.29 is 14.3 Å². The van der Waals surface area contributed by atoms with Gasteiger partial charge in [0.15, 0.2) is 5.96 Å². The number of aliphatic imine (C=N–C) groups is 1. The van der Waals surface area contributed by atoms with E-state index in [4.69, 9.17) is 9.15 Å². The number of hydrogen-bond donors (Lipinski definition) is 3. The molecule has 31 heavy (non-hydrogen) atoms. The highest BCUT2D eigenvalue weighted by Gasteiger charge is 2.27. The summed E-state index contributed by atoms with van der Waals surface area (Å²) in [5.41, 5.74) is 0.0976. The Balaban J connectivity index is 0.00000341. The van der Waals surface area contributed by atoms with Gasteiger partial charge in [0.25, 0.3) is 0 Å². The third kappa shape index (κ3) is 7.48. The van der Waals surface area contributed by atoms with Crippen molar-refractivity contribution in [1.29, 1.82) is 0 Å². The third-order valence-corrected chi connectivity index (χ3v) is 5.29. The molecule has 0 radical (unpaired) electrons. The molecular formula is C23H35IN4O3. The molecule has 1 aromatic heterocycles. The van der Waals surface area contributed by atoms with Gasteiger partial charge in [-0.1, -0.05) is 30.3 Å². The molecule has 1 aromatic carbocycles. The summed E-state index contributed by atoms with van der Waals surface area (Å²) in [6, 6.07) is 14.4. The van der Waals surface area contributed by atoms with E-state index < -0.39 is 5.60 Å². The second kappa shape index (κ2) is 12.4. The van der Waals surface area contributed by atoms with Crippen molar-refractivity contribution in [2.24, 2.45) is 4.99 Å². The average molecular weight is 542 g/mol. The van der Waals surface area contributed by atoms with E-state index in [9.17, 15) is 5.11 Å². The lowest BCUT2D eigenvalue weighted by molar-refractivity contribution is 0.0169. The zero-order valence-corrected chi connectivity index (χ0v) is 21.0. The number of morpholine rings is 1. The van der Waals surface area contributed by atoms with E-state index in [0.29, 0.717) is 18.3 Å². The van der Waals surface area contributed by atoms with Crippen LogP contribution in [0.5, 0.6) is 0 Å². The number of nitrogens with zero attached hydrogens (tertiary/aromatic N) is 2. The predicted octanol–water partition coefficient (Wildman–Crippen LogP) is 3.04. The summed E-state index contributed by atoms with van der Waals surface area (Å²) in [5, 5.41) is 17.5. The lowest BCUT2D eigenvalue weighted by atomic mass is 10.0. The van der Waals surface area contributed by atoms with Gasteiger partial charge in [0.2, 0.25) is 0 Å². The molecule has 172 valence electrons. The molecule has 1 aliphatic heterocycles. The molecule has 1 aliphatic rings. The highest BCUT2D eigenvalue weighted by molar-refractivity contribution is 14.0. The average Bonchev–Trinajstić information content (AvgIpc) is 3.21. The summed E-state index contributed by atoms with van der Waals surface area (Å²) in [7, 11) is 0. The molecule has 0 bridgehead atoms. The normalized spacial score (nSPS) is 18.0. The Kier molecular flexibility index (Phi) is 10.3. The number of nitrogens with one attached hydrogen (secondary N) is 2. The van der Waals surface area contributed by atoms with Crippen molar-refractivity contribution in [3.8, 4) is 0 Å². The van der Waals surface area contributed by atoms with Gasteiger partial charge in [0.1, 0.15) is 17.1 Å². The monoisotopic (exact) mass is 542 g/mol. The fourth-order valence-electron chi connectivity index (χ4n) is 3.59. The number of hydrogen-bond acceptors (Lipinski definition) is 5. The van der Waals surface area contributed by atoms with Crippen LogP contribution in [-0.4, -0.2) is 61.9 Å². The summed E-state index contributed by atoms with van der Waals surface area (Å²) in [6.45, 7) is 10.6. The number of ether oxygens (including phenoxy) is 1. The van der Waals surface area contributed by atoms with Crippen LogP contribution in [0, 0.1) is 6.92 Å². The molecule has 0 aliphatic carbocycles. The molecule has 8 heteroatoms. The Labute approximate surface area is 202 Å². The highest BCUT2D eigenvalue weighted by atomic mass is 127. The maximum Gasteiger partial charge on any atom is 0.191 e. The standard InChI is InChI=1S/C23H34N4O3.HI/c1-4-24-22(26-17-23(3,28)21-11-10-18(2)30-21)25-16-20(19-8-6-5-7-9-19)27-12-14-29-15-13-27;/h5-11,20,28H,4,12-17H2,1-3H3,(H2,24,25,26);1H. The van der Waals surface area contributed by atoms with Gasteiger partial charge in [-0.3, -0.25) is 4.90 Å². The maximum absolute atomic E-state index is 10.8. The van der Waals surface area contributed by atoms with Gasteiger partial charge in [0.05, 0.1) is 25.8 Å². The smallest absolute Gasteiger partial charge is 0.191 e. The second-order valence-corrected chi connectivity index (χ2v) is 7.84. The number of aliphatic hydroxyl groups is 1. The molecule has 0 saturated carbocycles. The largest absolute Gasteiger partial charge is 0.463 e. The Morgan fingerprint density at radius 1 is 1.16 bits per heavy atom. The van der Waals surface area contributed by atoms with Crippen LogP contribution in [0.3, 0.4) is 0 Å². The first-order chi connectivity index (χ1) is 14.5. The zero-order valence-electron chi connectivity index (χ0n) is 18.6. The number of rotatable bonds is 8. The molecule has 1 saturated heterocycles. The van der Waals surface area contributed by atoms with Crippen molar-refractivity contribution in [3.05, 3.63) is 59.5 Å². The Bertz CT molecular complexity index is 804. The fraction of sp³-hybridized carbons (Fsp3) is 0.522. The van der Waals surface area contributed by atoms with E-state index in [1.165, 1.54) is 5.56 Å². The number of furan rings is 1. The molecule has 2 heterocycles. The van der Waals surface area contributed by atoms with E-state index in [2.05, 4.69) is 44.8 Å². The van der Waals surface area contributed by atoms with E-state index in [-0.39, 0.29) is 36.6 Å². The molecule has 0 amide bonds. The first-order valence-electron chi connectivity index (χ1n) is 10.7. The van der Waals surface area contributed by atoms with Crippen LogP contribution in [0.2, 0.25) is 0 Å². The molecule has 2 unspecified atom stereocenters. The van der Waals surface area contributed by atoms with Gasteiger partial charge in [-0.25, -0.2) is 4.99 Å². The van der Waals surface area contributed by atoms with Gasteiger partial charge in [-0.2, -0.15) is 0 Å². The van der Waals surface area contributed by atoms with Crippen LogP contribution >= 0.6 is 24.0 Å². The van der Waals surface area contributed by atoms with Gasteiger partial charge >= 0.3 is 0 Å². The van der Waals surface area contributed by atoms with Crippen molar-refractivity contribution >= 4 is 29.9 Å². The number of aryl methyl sites for hydroxylation is 1. The molecule has 2 atom stereocenters. The van der Waals surface area contributed by atoms with Gasteiger partial charge < -0.3 is 24.9 Å². The molecule has 2 aromatic rings. The molecule has 3 rings (SSSR count). The molecule has 0 spiro atoms. The molecule has 1 fully saturated rings. The van der Waals surface area contributed by atoms with Crippen LogP contribution in [0.1, 0.15) is 37.0 Å². The van der Waals surface area contributed by atoms with Gasteiger partial charge in [0, 0.05) is 26.2 Å². The van der Waals surface area contributed by atoms with Crippen molar-refractivity contribution in [2.75, 3.05) is 45.9 Å². The van der Waals surface area contributed by atoms with Crippen LogP contribution < -0.4 is 10.6 Å². The summed E-state index contributed by atoms with van der Waals surface area (Å²) >= 11 is 0. The number of benzene rings is 1. The van der Waals surface area contributed by atoms with Crippen molar-refractivity contribution in [3.63, 3.8) is 0 Å². The van der Waals surface area contributed by atoms with E-state index in [0.717, 1.165) is 38.6 Å². The summed E-state index contributed by atoms with van der Waals surface area (Å²) in [5.74, 6) is 1.97. The lowest BCUT2D eigenvalue weighted by Gasteiger charge is -2.35. The number of halogens is 1. The minimum atomic E-state index is -1.17. The van der Waals surface area contributed by atoms with Crippen LogP contribution in [-0.2, 0) is 10.3 Å². The molecular weight excluding hydrogens is 507 g/mol. The predicted molar refractivity (Wildman–Crippen MR) is 134 cm³/mol. The van der Waals surface area contributed by atoms with Crippen LogP contribution in [0.4, 0.5) is 0 Å².